The first-order valence-electron chi connectivity index (χ1n) is 7.71. The second-order valence-corrected chi connectivity index (χ2v) is 6.40. The second kappa shape index (κ2) is 7.45. The summed E-state index contributed by atoms with van der Waals surface area (Å²) >= 11 is 1.28. The van der Waals surface area contributed by atoms with E-state index in [-0.39, 0.29) is 5.91 Å². The molecule has 0 aliphatic carbocycles. The molecule has 3 aromatic rings. The summed E-state index contributed by atoms with van der Waals surface area (Å²) in [6, 6.07) is 12.2. The molecule has 6 nitrogen and oxygen atoms in total. The van der Waals surface area contributed by atoms with Crippen LogP contribution in [-0.2, 0) is 4.74 Å². The van der Waals surface area contributed by atoms with Crippen LogP contribution in [0.2, 0.25) is 0 Å². The van der Waals surface area contributed by atoms with Gasteiger partial charge in [-0.25, -0.2) is 4.79 Å². The molecular formula is C19H17NO5S. The molecule has 2 aromatic carbocycles. The van der Waals surface area contributed by atoms with E-state index in [0.717, 1.165) is 10.1 Å². The highest BCUT2D eigenvalue weighted by atomic mass is 32.1. The highest BCUT2D eigenvalue weighted by Gasteiger charge is 2.20. The molecule has 1 N–H and O–H groups in total. The van der Waals surface area contributed by atoms with Crippen LogP contribution in [0.1, 0.15) is 20.0 Å². The van der Waals surface area contributed by atoms with Crippen LogP contribution in [0.3, 0.4) is 0 Å². The minimum absolute atomic E-state index is 0.241. The van der Waals surface area contributed by atoms with E-state index >= 15 is 0 Å². The maximum Gasteiger partial charge on any atom is 0.351 e. The fourth-order valence-corrected chi connectivity index (χ4v) is 3.60. The number of hydrogen-bond donors (Lipinski definition) is 1. The van der Waals surface area contributed by atoms with Crippen LogP contribution in [0.5, 0.6) is 11.5 Å². The van der Waals surface area contributed by atoms with Crippen molar-refractivity contribution in [2.24, 2.45) is 0 Å². The average molecular weight is 371 g/mol. The second-order valence-electron chi connectivity index (χ2n) is 5.35. The SMILES string of the molecule is COC(=O)c1sc2ccc(NC(=O)c3ccc(OC)cc3)cc2c1OC. The van der Waals surface area contributed by atoms with Crippen LogP contribution in [0, 0.1) is 0 Å². The Balaban J connectivity index is 1.90. The van der Waals surface area contributed by atoms with Crippen molar-refractivity contribution in [1.29, 1.82) is 0 Å². The lowest BCUT2D eigenvalue weighted by atomic mass is 10.2. The van der Waals surface area contributed by atoms with Crippen molar-refractivity contribution in [3.63, 3.8) is 0 Å². The van der Waals surface area contributed by atoms with E-state index in [2.05, 4.69) is 5.32 Å². The predicted molar refractivity (Wildman–Crippen MR) is 101 cm³/mol. The Hall–Kier alpha value is -3.06. The Morgan fingerprint density at radius 2 is 1.69 bits per heavy atom. The van der Waals surface area contributed by atoms with Crippen molar-refractivity contribution in [2.45, 2.75) is 0 Å². The Morgan fingerprint density at radius 1 is 0.962 bits per heavy atom. The van der Waals surface area contributed by atoms with Crippen LogP contribution < -0.4 is 14.8 Å². The summed E-state index contributed by atoms with van der Waals surface area (Å²) < 4.78 is 16.1. The Labute approximate surface area is 154 Å². The smallest absolute Gasteiger partial charge is 0.351 e. The lowest BCUT2D eigenvalue weighted by Crippen LogP contribution is -2.11. The van der Waals surface area contributed by atoms with Crippen LogP contribution in [0.4, 0.5) is 5.69 Å². The van der Waals surface area contributed by atoms with Crippen LogP contribution in [0.25, 0.3) is 10.1 Å². The molecule has 0 aliphatic rings. The van der Waals surface area contributed by atoms with Crippen LogP contribution in [0.15, 0.2) is 42.5 Å². The van der Waals surface area contributed by atoms with E-state index in [4.69, 9.17) is 14.2 Å². The number of amides is 1. The quantitative estimate of drug-likeness (QED) is 0.687. The number of hydrogen-bond acceptors (Lipinski definition) is 6. The molecule has 0 unspecified atom stereocenters. The van der Waals surface area contributed by atoms with E-state index in [1.165, 1.54) is 25.6 Å². The Bertz CT molecular complexity index is 962. The first-order valence-corrected chi connectivity index (χ1v) is 8.53. The molecule has 3 rings (SSSR count). The van der Waals surface area contributed by atoms with Crippen molar-refractivity contribution in [1.82, 2.24) is 0 Å². The number of carbonyl (C=O) groups is 2. The van der Waals surface area contributed by atoms with Gasteiger partial charge in [-0.2, -0.15) is 0 Å². The first-order chi connectivity index (χ1) is 12.6. The van der Waals surface area contributed by atoms with Crippen molar-refractivity contribution < 1.29 is 23.8 Å². The summed E-state index contributed by atoms with van der Waals surface area (Å²) in [4.78, 5) is 24.7. The molecule has 134 valence electrons. The highest BCUT2D eigenvalue weighted by molar-refractivity contribution is 7.21. The number of anilines is 1. The minimum Gasteiger partial charge on any atom is -0.497 e. The van der Waals surface area contributed by atoms with Crippen molar-refractivity contribution in [2.75, 3.05) is 26.6 Å². The maximum atomic E-state index is 12.4. The van der Waals surface area contributed by atoms with Gasteiger partial charge in [0.25, 0.3) is 5.91 Å². The van der Waals surface area contributed by atoms with E-state index in [9.17, 15) is 9.59 Å². The minimum atomic E-state index is -0.452. The lowest BCUT2D eigenvalue weighted by molar-refractivity contribution is 0.0603. The molecule has 0 spiro atoms. The number of rotatable bonds is 5. The predicted octanol–water partition coefficient (Wildman–Crippen LogP) is 3.96. The summed E-state index contributed by atoms with van der Waals surface area (Å²) in [5, 5.41) is 3.59. The van der Waals surface area contributed by atoms with Gasteiger partial charge in [-0.1, -0.05) is 0 Å². The number of methoxy groups -OCH3 is 3. The summed E-state index contributed by atoms with van der Waals surface area (Å²) in [5.41, 5.74) is 1.12. The van der Waals surface area contributed by atoms with Crippen molar-refractivity contribution in [3.05, 3.63) is 52.9 Å². The Kier molecular flexibility index (Phi) is 5.09. The van der Waals surface area contributed by atoms with E-state index in [1.807, 2.05) is 6.07 Å². The normalized spacial score (nSPS) is 10.4. The van der Waals surface area contributed by atoms with Crippen molar-refractivity contribution in [3.8, 4) is 11.5 Å². The van der Waals surface area contributed by atoms with E-state index in [0.29, 0.717) is 27.6 Å². The molecule has 1 amide bonds. The zero-order valence-corrected chi connectivity index (χ0v) is 15.3. The Morgan fingerprint density at radius 3 is 2.31 bits per heavy atom. The van der Waals surface area contributed by atoms with Crippen molar-refractivity contribution >= 4 is 39.0 Å². The number of nitrogens with one attached hydrogen (secondary N) is 1. The van der Waals surface area contributed by atoms with E-state index in [1.54, 1.807) is 43.5 Å². The van der Waals surface area contributed by atoms with Gasteiger partial charge in [0.2, 0.25) is 0 Å². The monoisotopic (exact) mass is 371 g/mol. The van der Waals surface area contributed by atoms with Gasteiger partial charge in [0.1, 0.15) is 5.75 Å². The lowest BCUT2D eigenvalue weighted by Gasteiger charge is -2.07. The van der Waals surface area contributed by atoms with Gasteiger partial charge < -0.3 is 19.5 Å². The molecule has 0 atom stereocenters. The molecule has 0 saturated heterocycles. The van der Waals surface area contributed by atoms with E-state index < -0.39 is 5.97 Å². The molecule has 0 aliphatic heterocycles. The first kappa shape index (κ1) is 17.8. The summed E-state index contributed by atoms with van der Waals surface area (Å²) in [7, 11) is 4.39. The third kappa shape index (κ3) is 3.34. The topological polar surface area (TPSA) is 73.9 Å². The zero-order chi connectivity index (χ0) is 18.7. The third-order valence-corrected chi connectivity index (χ3v) is 4.96. The van der Waals surface area contributed by atoms with Gasteiger partial charge in [-0.15, -0.1) is 11.3 Å². The maximum absolute atomic E-state index is 12.4. The molecule has 7 heteroatoms. The van der Waals surface area contributed by atoms with Gasteiger partial charge in [0.15, 0.2) is 10.6 Å². The number of benzene rings is 2. The van der Waals surface area contributed by atoms with Gasteiger partial charge in [0, 0.05) is 21.3 Å². The number of thiophene rings is 1. The van der Waals surface area contributed by atoms with Crippen LogP contribution >= 0.6 is 11.3 Å². The largest absolute Gasteiger partial charge is 0.497 e. The number of carbonyl (C=O) groups excluding carboxylic acids is 2. The van der Waals surface area contributed by atoms with Gasteiger partial charge in [0.05, 0.1) is 21.3 Å². The highest BCUT2D eigenvalue weighted by Crippen LogP contribution is 2.39. The molecule has 0 saturated carbocycles. The fourth-order valence-electron chi connectivity index (χ4n) is 2.53. The number of ether oxygens (including phenoxy) is 3. The molecule has 0 radical (unpaired) electrons. The number of esters is 1. The molecule has 1 aromatic heterocycles. The summed E-state index contributed by atoms with van der Waals surface area (Å²) in [6.45, 7) is 0. The summed E-state index contributed by atoms with van der Waals surface area (Å²) in [6.07, 6.45) is 0. The number of fused-ring (bicyclic) bond motifs is 1. The zero-order valence-electron chi connectivity index (χ0n) is 14.5. The fraction of sp³-hybridized carbons (Fsp3) is 0.158. The standard InChI is InChI=1S/C19H17NO5S/c1-23-13-7-4-11(5-8-13)18(21)20-12-6-9-15-14(10-12)16(24-2)17(26-15)19(22)25-3/h4-10H,1-3H3,(H,20,21). The van der Waals surface area contributed by atoms with Gasteiger partial charge in [-0.3, -0.25) is 4.79 Å². The molecule has 0 fully saturated rings. The molecule has 1 heterocycles. The summed E-state index contributed by atoms with van der Waals surface area (Å²) in [5.74, 6) is 0.431. The molecule has 26 heavy (non-hydrogen) atoms. The molecule has 0 bridgehead atoms. The third-order valence-electron chi connectivity index (χ3n) is 3.83. The average Bonchev–Trinajstić information content (AvgIpc) is 3.05. The van der Waals surface area contributed by atoms with Crippen LogP contribution in [-0.4, -0.2) is 33.2 Å². The van der Waals surface area contributed by atoms with Gasteiger partial charge in [-0.05, 0) is 42.5 Å². The molecular weight excluding hydrogens is 354 g/mol. The van der Waals surface area contributed by atoms with Gasteiger partial charge >= 0.3 is 5.97 Å².